The molecule has 0 spiro atoms. The van der Waals surface area contributed by atoms with Crippen molar-refractivity contribution >= 4 is 0 Å². The number of hydrogen-bond acceptors (Lipinski definition) is 3. The minimum atomic E-state index is 0.683. The molecule has 0 saturated carbocycles. The molecule has 0 bridgehead atoms. The molecule has 1 aliphatic rings. The zero-order valence-corrected chi connectivity index (χ0v) is 8.66. The predicted octanol–water partition coefficient (Wildman–Crippen LogP) is 0.246. The molecule has 0 radical (unpaired) electrons. The summed E-state index contributed by atoms with van der Waals surface area (Å²) in [6.45, 7) is 3.45. The molecule has 1 aromatic heterocycles. The minimum Gasteiger partial charge on any atom is -0.348 e. The van der Waals surface area contributed by atoms with Crippen LogP contribution >= 0.6 is 0 Å². The molecule has 0 amide bonds. The second-order valence-corrected chi connectivity index (χ2v) is 4.03. The minimum absolute atomic E-state index is 0.683. The lowest BCUT2D eigenvalue weighted by atomic mass is 10.2. The van der Waals surface area contributed by atoms with Crippen LogP contribution in [0.1, 0.15) is 12.1 Å². The number of hydrogen-bond donors (Lipinski definition) is 2. The first-order valence-corrected chi connectivity index (χ1v) is 5.24. The first-order chi connectivity index (χ1) is 6.84. The van der Waals surface area contributed by atoms with Gasteiger partial charge >= 0.3 is 0 Å². The normalized spacial score (nSPS) is 23.1. The van der Waals surface area contributed by atoms with Crippen LogP contribution in [0.2, 0.25) is 0 Å². The molecule has 14 heavy (non-hydrogen) atoms. The maximum Gasteiger partial charge on any atom is 0.0921 e. The maximum absolute atomic E-state index is 3.99. The van der Waals surface area contributed by atoms with Crippen molar-refractivity contribution in [3.63, 3.8) is 0 Å². The van der Waals surface area contributed by atoms with Gasteiger partial charge in [-0.3, -0.25) is 0 Å². The van der Waals surface area contributed by atoms with Gasteiger partial charge in [0.25, 0.3) is 0 Å². The number of likely N-dealkylation sites (tertiary alicyclic amines) is 1. The van der Waals surface area contributed by atoms with Crippen molar-refractivity contribution < 1.29 is 0 Å². The Morgan fingerprint density at radius 3 is 3.29 bits per heavy atom. The van der Waals surface area contributed by atoms with E-state index in [1.807, 2.05) is 6.20 Å². The number of rotatable bonds is 4. The molecule has 1 fully saturated rings. The summed E-state index contributed by atoms with van der Waals surface area (Å²) in [5, 5.41) is 3.56. The average Bonchev–Trinajstić information content (AvgIpc) is 2.77. The van der Waals surface area contributed by atoms with Crippen molar-refractivity contribution in [2.24, 2.45) is 0 Å². The summed E-state index contributed by atoms with van der Waals surface area (Å²) < 4.78 is 0. The highest BCUT2D eigenvalue weighted by Crippen LogP contribution is 2.05. The number of H-pyrrole nitrogens is 1. The Morgan fingerprint density at radius 2 is 2.64 bits per heavy atom. The molecule has 2 N–H and O–H groups in total. The Hall–Kier alpha value is -0.870. The first-order valence-electron chi connectivity index (χ1n) is 5.24. The van der Waals surface area contributed by atoms with E-state index in [0.29, 0.717) is 6.04 Å². The van der Waals surface area contributed by atoms with Gasteiger partial charge in [-0.2, -0.15) is 0 Å². The van der Waals surface area contributed by atoms with E-state index >= 15 is 0 Å². The largest absolute Gasteiger partial charge is 0.348 e. The standard InChI is InChI=1S/C10H18N4/c1-14-5-3-10(7-14)12-4-2-9-6-11-8-13-9/h6,8,10,12H,2-5,7H2,1H3,(H,11,13). The van der Waals surface area contributed by atoms with Crippen molar-refractivity contribution in [3.8, 4) is 0 Å². The third kappa shape index (κ3) is 2.56. The van der Waals surface area contributed by atoms with Crippen LogP contribution in [-0.2, 0) is 6.42 Å². The summed E-state index contributed by atoms with van der Waals surface area (Å²) in [4.78, 5) is 9.47. The molecule has 1 saturated heterocycles. The summed E-state index contributed by atoms with van der Waals surface area (Å²) in [6, 6.07) is 0.683. The molecule has 4 heteroatoms. The van der Waals surface area contributed by atoms with Crippen molar-refractivity contribution in [3.05, 3.63) is 18.2 Å². The summed E-state index contributed by atoms with van der Waals surface area (Å²) in [5.74, 6) is 0. The third-order valence-electron chi connectivity index (χ3n) is 2.77. The van der Waals surface area contributed by atoms with Crippen LogP contribution in [0, 0.1) is 0 Å². The number of nitrogens with one attached hydrogen (secondary N) is 2. The summed E-state index contributed by atoms with van der Waals surface area (Å²) in [6.07, 6.45) is 5.95. The van der Waals surface area contributed by atoms with E-state index < -0.39 is 0 Å². The van der Waals surface area contributed by atoms with E-state index in [1.54, 1.807) is 6.33 Å². The summed E-state index contributed by atoms with van der Waals surface area (Å²) in [7, 11) is 2.18. The highest BCUT2D eigenvalue weighted by atomic mass is 15.2. The van der Waals surface area contributed by atoms with E-state index in [9.17, 15) is 0 Å². The zero-order valence-electron chi connectivity index (χ0n) is 8.66. The SMILES string of the molecule is CN1CCC(NCCc2cnc[nH]2)C1. The molecular formula is C10H18N4. The fraction of sp³-hybridized carbons (Fsp3) is 0.700. The number of imidazole rings is 1. The molecule has 1 aliphatic heterocycles. The second kappa shape index (κ2) is 4.57. The van der Waals surface area contributed by atoms with E-state index in [1.165, 1.54) is 25.2 Å². The topological polar surface area (TPSA) is 44.0 Å². The number of aromatic nitrogens is 2. The molecule has 4 nitrogen and oxygen atoms in total. The van der Waals surface area contributed by atoms with Gasteiger partial charge in [0.15, 0.2) is 0 Å². The van der Waals surface area contributed by atoms with Gasteiger partial charge in [0, 0.05) is 37.4 Å². The fourth-order valence-electron chi connectivity index (χ4n) is 1.93. The molecule has 2 heterocycles. The van der Waals surface area contributed by atoms with Crippen molar-refractivity contribution in [1.29, 1.82) is 0 Å². The van der Waals surface area contributed by atoms with Crippen LogP contribution < -0.4 is 5.32 Å². The van der Waals surface area contributed by atoms with Gasteiger partial charge in [0.1, 0.15) is 0 Å². The Kier molecular flexibility index (Phi) is 3.16. The molecule has 2 rings (SSSR count). The van der Waals surface area contributed by atoms with Crippen LogP contribution in [-0.4, -0.2) is 47.6 Å². The molecule has 0 aliphatic carbocycles. The Morgan fingerprint density at radius 1 is 1.71 bits per heavy atom. The monoisotopic (exact) mass is 194 g/mol. The van der Waals surface area contributed by atoms with Crippen LogP contribution in [0.3, 0.4) is 0 Å². The van der Waals surface area contributed by atoms with Crippen LogP contribution in [0.25, 0.3) is 0 Å². The quantitative estimate of drug-likeness (QED) is 0.722. The smallest absolute Gasteiger partial charge is 0.0921 e. The third-order valence-corrected chi connectivity index (χ3v) is 2.77. The van der Waals surface area contributed by atoms with E-state index in [4.69, 9.17) is 0 Å². The zero-order chi connectivity index (χ0) is 9.80. The number of aromatic amines is 1. The molecule has 1 unspecified atom stereocenters. The summed E-state index contributed by atoms with van der Waals surface area (Å²) >= 11 is 0. The van der Waals surface area contributed by atoms with Gasteiger partial charge < -0.3 is 15.2 Å². The van der Waals surface area contributed by atoms with Gasteiger partial charge in [0.05, 0.1) is 6.33 Å². The predicted molar refractivity (Wildman–Crippen MR) is 56.2 cm³/mol. The molecular weight excluding hydrogens is 176 g/mol. The Bertz CT molecular complexity index is 257. The van der Waals surface area contributed by atoms with Crippen molar-refractivity contribution in [2.45, 2.75) is 18.9 Å². The number of likely N-dealkylation sites (N-methyl/N-ethyl adjacent to an activating group) is 1. The maximum atomic E-state index is 3.99. The lowest BCUT2D eigenvalue weighted by Crippen LogP contribution is -2.32. The van der Waals surface area contributed by atoms with Gasteiger partial charge in [-0.25, -0.2) is 4.98 Å². The van der Waals surface area contributed by atoms with Crippen LogP contribution in [0.5, 0.6) is 0 Å². The van der Waals surface area contributed by atoms with Gasteiger partial charge in [0.2, 0.25) is 0 Å². The van der Waals surface area contributed by atoms with Crippen LogP contribution in [0.4, 0.5) is 0 Å². The highest BCUT2D eigenvalue weighted by Gasteiger charge is 2.17. The van der Waals surface area contributed by atoms with Gasteiger partial charge in [-0.15, -0.1) is 0 Å². The van der Waals surface area contributed by atoms with E-state index in [0.717, 1.165) is 13.0 Å². The Labute approximate surface area is 84.7 Å². The molecule has 1 atom stereocenters. The van der Waals surface area contributed by atoms with Crippen LogP contribution in [0.15, 0.2) is 12.5 Å². The number of nitrogens with zero attached hydrogens (tertiary/aromatic N) is 2. The lowest BCUT2D eigenvalue weighted by molar-refractivity contribution is 0.398. The molecule has 0 aromatic carbocycles. The van der Waals surface area contributed by atoms with Gasteiger partial charge in [-0.1, -0.05) is 0 Å². The average molecular weight is 194 g/mol. The van der Waals surface area contributed by atoms with E-state index in [2.05, 4.69) is 27.2 Å². The lowest BCUT2D eigenvalue weighted by Gasteiger charge is -2.11. The Balaban J connectivity index is 1.64. The first kappa shape index (κ1) is 9.68. The highest BCUT2D eigenvalue weighted by molar-refractivity contribution is 4.95. The fourth-order valence-corrected chi connectivity index (χ4v) is 1.93. The van der Waals surface area contributed by atoms with E-state index in [-0.39, 0.29) is 0 Å². The van der Waals surface area contributed by atoms with Gasteiger partial charge in [-0.05, 0) is 20.0 Å². The van der Waals surface area contributed by atoms with Crippen molar-refractivity contribution in [1.82, 2.24) is 20.2 Å². The molecule has 1 aromatic rings. The van der Waals surface area contributed by atoms with Crippen molar-refractivity contribution in [2.75, 3.05) is 26.7 Å². The summed E-state index contributed by atoms with van der Waals surface area (Å²) in [5.41, 5.74) is 1.21. The second-order valence-electron chi connectivity index (χ2n) is 4.03. The molecule has 78 valence electrons.